The zero-order valence-corrected chi connectivity index (χ0v) is 9.51. The topological polar surface area (TPSA) is 80.3 Å². The van der Waals surface area contributed by atoms with Crippen molar-refractivity contribution in [3.8, 4) is 0 Å². The van der Waals surface area contributed by atoms with Gasteiger partial charge in [-0.05, 0) is 34.0 Å². The zero-order chi connectivity index (χ0) is 13.7. The van der Waals surface area contributed by atoms with Crippen LogP contribution in [0.4, 0.5) is 0 Å². The minimum absolute atomic E-state index is 0.0636. The van der Waals surface area contributed by atoms with E-state index in [1.807, 2.05) is 0 Å². The van der Waals surface area contributed by atoms with Crippen LogP contribution in [-0.4, -0.2) is 11.9 Å². The molecule has 0 fully saturated rings. The van der Waals surface area contributed by atoms with Crippen molar-refractivity contribution in [1.29, 1.82) is 0 Å². The Morgan fingerprint density at radius 3 is 1.39 bits per heavy atom. The number of benzene rings is 2. The number of carbonyl (C=O) groups excluding carboxylic acids is 2. The summed E-state index contributed by atoms with van der Waals surface area (Å²) in [5.74, 6) is -2.52. The Labute approximate surface area is 104 Å². The Balaban J connectivity index is 0.000000771. The van der Waals surface area contributed by atoms with Gasteiger partial charge in [0.25, 0.3) is 0 Å². The van der Waals surface area contributed by atoms with Crippen molar-refractivity contribution in [1.82, 2.24) is 0 Å². The van der Waals surface area contributed by atoms with E-state index in [1.165, 1.54) is 36.4 Å². The molecule has 18 heavy (non-hydrogen) atoms. The van der Waals surface area contributed by atoms with Gasteiger partial charge in [-0.3, -0.25) is 0 Å². The number of hydrogen-bond donors (Lipinski definition) is 0. The summed E-state index contributed by atoms with van der Waals surface area (Å²) < 4.78 is 0. The summed E-state index contributed by atoms with van der Waals surface area (Å²) in [6.45, 7) is 6.00. The lowest BCUT2D eigenvalue weighted by atomic mass is 10.0. The van der Waals surface area contributed by atoms with Crippen molar-refractivity contribution in [2.45, 2.75) is 0 Å². The largest absolute Gasteiger partial charge is 0.545 e. The van der Waals surface area contributed by atoms with Crippen LogP contribution in [0.1, 0.15) is 20.7 Å². The molecule has 0 saturated carbocycles. The van der Waals surface area contributed by atoms with Crippen LogP contribution in [-0.2, 0) is 0 Å². The molecule has 0 amide bonds. The van der Waals surface area contributed by atoms with Crippen molar-refractivity contribution < 1.29 is 19.8 Å². The first-order valence-electron chi connectivity index (χ1n) is 5.04. The van der Waals surface area contributed by atoms with E-state index in [0.717, 1.165) is 0 Å². The van der Waals surface area contributed by atoms with Gasteiger partial charge in [-0.1, -0.05) is 24.3 Å². The maximum absolute atomic E-state index is 10.6. The second kappa shape index (κ2) is 5.63. The average molecular weight is 242 g/mol. The van der Waals surface area contributed by atoms with Crippen molar-refractivity contribution >= 4 is 22.7 Å². The highest BCUT2D eigenvalue weighted by molar-refractivity contribution is 5.97. The molecule has 0 bridgehead atoms. The van der Waals surface area contributed by atoms with E-state index in [0.29, 0.717) is 10.8 Å². The van der Waals surface area contributed by atoms with E-state index in [9.17, 15) is 19.8 Å². The maximum atomic E-state index is 10.6. The third-order valence-corrected chi connectivity index (χ3v) is 2.31. The van der Waals surface area contributed by atoms with Gasteiger partial charge in [-0.2, -0.15) is 0 Å². The first kappa shape index (κ1) is 13.4. The molecule has 0 heterocycles. The van der Waals surface area contributed by atoms with Gasteiger partial charge in [0.15, 0.2) is 0 Å². The van der Waals surface area contributed by atoms with E-state index in [-0.39, 0.29) is 11.1 Å². The second-order valence-electron chi connectivity index (χ2n) is 3.35. The molecule has 0 aliphatic rings. The van der Waals surface area contributed by atoms with E-state index in [4.69, 9.17) is 0 Å². The first-order valence-corrected chi connectivity index (χ1v) is 5.04. The smallest absolute Gasteiger partial charge is 0.0715 e. The molecular formula is C14H10O4-2. The zero-order valence-electron chi connectivity index (χ0n) is 9.51. The number of carbonyl (C=O) groups is 2. The number of carboxylic acids is 2. The molecule has 2 rings (SSSR count). The Bertz CT molecular complexity index is 549. The van der Waals surface area contributed by atoms with Gasteiger partial charge in [0.05, 0.1) is 11.9 Å². The third kappa shape index (κ3) is 2.74. The Kier molecular flexibility index (Phi) is 4.21. The lowest BCUT2D eigenvalue weighted by Crippen LogP contribution is -2.22. The fourth-order valence-electron chi connectivity index (χ4n) is 1.50. The van der Waals surface area contributed by atoms with Crippen LogP contribution < -0.4 is 10.2 Å². The SMILES string of the molecule is C=C.O=C([O-])c1ccc2cc(C(=O)[O-])ccc2c1. The number of hydrogen-bond acceptors (Lipinski definition) is 4. The highest BCUT2D eigenvalue weighted by Crippen LogP contribution is 2.17. The summed E-state index contributed by atoms with van der Waals surface area (Å²) in [7, 11) is 0. The molecule has 2 aromatic rings. The van der Waals surface area contributed by atoms with E-state index in [1.54, 1.807) is 0 Å². The fraction of sp³-hybridized carbons (Fsp3) is 0. The second-order valence-corrected chi connectivity index (χ2v) is 3.35. The van der Waals surface area contributed by atoms with Crippen LogP contribution in [0.5, 0.6) is 0 Å². The highest BCUT2D eigenvalue weighted by Gasteiger charge is 1.99. The van der Waals surface area contributed by atoms with Crippen molar-refractivity contribution in [2.24, 2.45) is 0 Å². The normalized spacial score (nSPS) is 9.33. The van der Waals surface area contributed by atoms with Gasteiger partial charge in [0.1, 0.15) is 0 Å². The third-order valence-electron chi connectivity index (χ3n) is 2.31. The van der Waals surface area contributed by atoms with Gasteiger partial charge in [0.2, 0.25) is 0 Å². The molecule has 0 aliphatic heterocycles. The highest BCUT2D eigenvalue weighted by atomic mass is 16.4. The fourth-order valence-corrected chi connectivity index (χ4v) is 1.50. The lowest BCUT2D eigenvalue weighted by Gasteiger charge is -2.07. The van der Waals surface area contributed by atoms with E-state index < -0.39 is 11.9 Å². The summed E-state index contributed by atoms with van der Waals surface area (Å²) >= 11 is 0. The van der Waals surface area contributed by atoms with Crippen LogP contribution in [0.25, 0.3) is 10.8 Å². The maximum Gasteiger partial charge on any atom is 0.0715 e. The summed E-state index contributed by atoms with van der Waals surface area (Å²) in [4.78, 5) is 21.2. The van der Waals surface area contributed by atoms with Crippen molar-refractivity contribution in [2.75, 3.05) is 0 Å². The minimum Gasteiger partial charge on any atom is -0.545 e. The number of rotatable bonds is 2. The van der Waals surface area contributed by atoms with E-state index >= 15 is 0 Å². The van der Waals surface area contributed by atoms with Gasteiger partial charge in [-0.15, -0.1) is 13.2 Å². The van der Waals surface area contributed by atoms with E-state index in [2.05, 4.69) is 13.2 Å². The van der Waals surface area contributed by atoms with Gasteiger partial charge < -0.3 is 19.8 Å². The predicted octanol–water partition coefficient (Wildman–Crippen LogP) is 0.369. The Morgan fingerprint density at radius 2 is 1.11 bits per heavy atom. The molecule has 0 radical (unpaired) electrons. The monoisotopic (exact) mass is 242 g/mol. The molecule has 0 atom stereocenters. The molecular weight excluding hydrogens is 232 g/mol. The molecule has 0 aliphatic carbocycles. The quantitative estimate of drug-likeness (QED) is 0.712. The molecule has 4 heteroatoms. The van der Waals surface area contributed by atoms with Crippen LogP contribution in [0.2, 0.25) is 0 Å². The predicted molar refractivity (Wildman–Crippen MR) is 63.9 cm³/mol. The summed E-state index contributed by atoms with van der Waals surface area (Å²) in [5.41, 5.74) is 0.127. The number of aromatic carboxylic acids is 2. The molecule has 0 unspecified atom stereocenters. The van der Waals surface area contributed by atoms with Crippen LogP contribution in [0.3, 0.4) is 0 Å². The molecule has 0 aromatic heterocycles. The molecule has 92 valence electrons. The van der Waals surface area contributed by atoms with Crippen molar-refractivity contribution in [3.05, 3.63) is 60.7 Å². The Morgan fingerprint density at radius 1 is 0.778 bits per heavy atom. The number of fused-ring (bicyclic) bond motifs is 1. The van der Waals surface area contributed by atoms with Gasteiger partial charge in [0, 0.05) is 0 Å². The standard InChI is InChI=1S/C12H8O4.C2H4/c13-11(14)9-3-1-7-5-10(12(15)16)4-2-8(7)6-9;1-2/h1-6H,(H,13,14)(H,15,16);1-2H2/p-2. The van der Waals surface area contributed by atoms with Gasteiger partial charge >= 0.3 is 0 Å². The van der Waals surface area contributed by atoms with Crippen molar-refractivity contribution in [3.63, 3.8) is 0 Å². The van der Waals surface area contributed by atoms with Gasteiger partial charge in [-0.25, -0.2) is 0 Å². The molecule has 0 N–H and O–H groups in total. The Hall–Kier alpha value is -2.62. The summed E-state index contributed by atoms with van der Waals surface area (Å²) in [5, 5.41) is 22.5. The molecule has 2 aromatic carbocycles. The average Bonchev–Trinajstić information content (AvgIpc) is 2.39. The lowest BCUT2D eigenvalue weighted by molar-refractivity contribution is -0.256. The summed E-state index contributed by atoms with van der Waals surface area (Å²) in [6.07, 6.45) is 0. The summed E-state index contributed by atoms with van der Waals surface area (Å²) in [6, 6.07) is 8.68. The molecule has 0 saturated heterocycles. The molecule has 0 spiro atoms. The van der Waals surface area contributed by atoms with Crippen LogP contribution >= 0.6 is 0 Å². The van der Waals surface area contributed by atoms with Crippen LogP contribution in [0, 0.1) is 0 Å². The first-order chi connectivity index (χ1) is 8.58. The van der Waals surface area contributed by atoms with Crippen LogP contribution in [0.15, 0.2) is 49.6 Å². The number of carboxylic acid groups (broad SMARTS) is 2. The molecule has 4 nitrogen and oxygen atoms in total. The minimum atomic E-state index is -1.26.